The summed E-state index contributed by atoms with van der Waals surface area (Å²) in [5.41, 5.74) is -0.285. The van der Waals surface area contributed by atoms with Crippen LogP contribution in [0.15, 0.2) is 23.1 Å². The molecule has 1 heterocycles. The van der Waals surface area contributed by atoms with Crippen LogP contribution in [0.25, 0.3) is 0 Å². The topological polar surface area (TPSA) is 42.3 Å². The van der Waals surface area contributed by atoms with Gasteiger partial charge in [0.1, 0.15) is 0 Å². The molecule has 1 aromatic rings. The highest BCUT2D eigenvalue weighted by atomic mass is 35.5. The predicted molar refractivity (Wildman–Crippen MR) is 64.3 cm³/mol. The minimum Gasteiger partial charge on any atom is -0.332 e. The van der Waals surface area contributed by atoms with E-state index in [1.807, 2.05) is 0 Å². The van der Waals surface area contributed by atoms with Gasteiger partial charge in [0, 0.05) is 37.3 Å². The predicted octanol–water partition coefficient (Wildman–Crippen LogP) is 1.33. The van der Waals surface area contributed by atoms with Crippen LogP contribution in [-0.2, 0) is 7.05 Å². The van der Waals surface area contributed by atoms with Crippen molar-refractivity contribution < 1.29 is 13.6 Å². The van der Waals surface area contributed by atoms with Crippen molar-refractivity contribution in [1.29, 1.82) is 0 Å². The monoisotopic (exact) mass is 278 g/mol. The molecule has 1 rings (SSSR count). The smallest absolute Gasteiger partial charge is 0.255 e. The third-order valence-electron chi connectivity index (χ3n) is 2.35. The number of alkyl halides is 3. The summed E-state index contributed by atoms with van der Waals surface area (Å²) in [6.45, 7) is -0.680. The summed E-state index contributed by atoms with van der Waals surface area (Å²) in [7, 11) is 1.53. The van der Waals surface area contributed by atoms with Crippen LogP contribution in [-0.4, -0.2) is 40.8 Å². The van der Waals surface area contributed by atoms with Crippen LogP contribution in [0.4, 0.5) is 8.78 Å². The maximum Gasteiger partial charge on any atom is 0.255 e. The van der Waals surface area contributed by atoms with Gasteiger partial charge in [0.2, 0.25) is 0 Å². The number of hydrogen-bond acceptors (Lipinski definition) is 2. The summed E-state index contributed by atoms with van der Waals surface area (Å²) >= 11 is 5.46. The van der Waals surface area contributed by atoms with Crippen molar-refractivity contribution in [2.75, 3.05) is 19.0 Å². The van der Waals surface area contributed by atoms with E-state index in [1.54, 1.807) is 0 Å². The van der Waals surface area contributed by atoms with E-state index >= 15 is 0 Å². The van der Waals surface area contributed by atoms with Gasteiger partial charge in [-0.25, -0.2) is 8.78 Å². The first kappa shape index (κ1) is 14.6. The largest absolute Gasteiger partial charge is 0.332 e. The van der Waals surface area contributed by atoms with Gasteiger partial charge < -0.3 is 9.47 Å². The number of carbonyl (C=O) groups excluding carboxylic acids is 1. The average molecular weight is 279 g/mol. The Kier molecular flexibility index (Phi) is 5.27. The molecule has 1 aromatic heterocycles. The van der Waals surface area contributed by atoms with Crippen molar-refractivity contribution in [2.45, 2.75) is 6.43 Å². The number of carbonyl (C=O) groups is 1. The van der Waals surface area contributed by atoms with Crippen LogP contribution < -0.4 is 5.56 Å². The molecule has 0 unspecified atom stereocenters. The number of aromatic nitrogens is 1. The fourth-order valence-corrected chi connectivity index (χ4v) is 1.61. The molecule has 0 N–H and O–H groups in total. The highest BCUT2D eigenvalue weighted by Crippen LogP contribution is 2.06. The molecule has 7 heteroatoms. The third kappa shape index (κ3) is 3.80. The zero-order valence-electron chi connectivity index (χ0n) is 9.78. The molecule has 1 amide bonds. The number of aryl methyl sites for hydroxylation is 1. The third-order valence-corrected chi connectivity index (χ3v) is 2.52. The lowest BCUT2D eigenvalue weighted by Gasteiger charge is -2.21. The number of rotatable bonds is 5. The Balaban J connectivity index is 2.94. The zero-order valence-corrected chi connectivity index (χ0v) is 10.5. The second kappa shape index (κ2) is 6.49. The molecule has 0 spiro atoms. The van der Waals surface area contributed by atoms with Crippen LogP contribution in [0.5, 0.6) is 0 Å². The fraction of sp³-hybridized carbons (Fsp3) is 0.455. The number of nitrogens with zero attached hydrogens (tertiary/aromatic N) is 2. The van der Waals surface area contributed by atoms with Gasteiger partial charge in [-0.2, -0.15) is 0 Å². The van der Waals surface area contributed by atoms with Gasteiger partial charge >= 0.3 is 0 Å². The van der Waals surface area contributed by atoms with Gasteiger partial charge in [0.05, 0.1) is 6.54 Å². The lowest BCUT2D eigenvalue weighted by atomic mass is 10.2. The molecule has 0 aliphatic rings. The van der Waals surface area contributed by atoms with Crippen molar-refractivity contribution in [3.8, 4) is 0 Å². The Bertz CT molecular complexity index is 476. The number of amides is 1. The molecule has 0 atom stereocenters. The van der Waals surface area contributed by atoms with Crippen LogP contribution in [0, 0.1) is 0 Å². The zero-order chi connectivity index (χ0) is 13.7. The molecule has 0 aromatic carbocycles. The van der Waals surface area contributed by atoms with Gasteiger partial charge in [-0.05, 0) is 6.07 Å². The lowest BCUT2D eigenvalue weighted by molar-refractivity contribution is 0.0571. The van der Waals surface area contributed by atoms with E-state index in [-0.39, 0.29) is 23.5 Å². The molecule has 0 fully saturated rings. The Morgan fingerprint density at radius 3 is 2.72 bits per heavy atom. The molecule has 0 radical (unpaired) electrons. The number of halogens is 3. The van der Waals surface area contributed by atoms with Crippen LogP contribution in [0.2, 0.25) is 0 Å². The van der Waals surface area contributed by atoms with E-state index in [0.717, 1.165) is 11.0 Å². The summed E-state index contributed by atoms with van der Waals surface area (Å²) in [4.78, 5) is 24.2. The lowest BCUT2D eigenvalue weighted by Crippen LogP contribution is -2.37. The molecular formula is C11H13ClF2N2O2. The van der Waals surface area contributed by atoms with Crippen molar-refractivity contribution in [2.24, 2.45) is 7.05 Å². The summed E-state index contributed by atoms with van der Waals surface area (Å²) in [6.07, 6.45) is -1.22. The van der Waals surface area contributed by atoms with Crippen LogP contribution in [0.1, 0.15) is 10.4 Å². The molecule has 100 valence electrons. The molecule has 4 nitrogen and oxygen atoms in total. The Labute approximate surface area is 108 Å². The summed E-state index contributed by atoms with van der Waals surface area (Å²) in [5, 5.41) is 0. The molecule has 0 saturated carbocycles. The van der Waals surface area contributed by atoms with Crippen molar-refractivity contribution in [3.63, 3.8) is 0 Å². The van der Waals surface area contributed by atoms with E-state index in [1.165, 1.54) is 23.9 Å². The SMILES string of the molecule is Cn1ccc(C(=O)N(CCCl)CC(F)F)cc1=O. The summed E-state index contributed by atoms with van der Waals surface area (Å²) in [6, 6.07) is 2.53. The first-order chi connectivity index (χ1) is 8.45. The Morgan fingerprint density at radius 1 is 1.56 bits per heavy atom. The minimum absolute atomic E-state index is 0.0138. The standard InChI is InChI=1S/C11H13ClF2N2O2/c1-15-4-2-8(6-10(15)17)11(18)16(5-3-12)7-9(13)14/h2,4,6,9H,3,5,7H2,1H3. The second-order valence-corrected chi connectivity index (χ2v) is 4.07. The van der Waals surface area contributed by atoms with Gasteiger partial charge in [-0.15, -0.1) is 11.6 Å². The average Bonchev–Trinajstić information content (AvgIpc) is 2.31. The molecule has 0 saturated heterocycles. The molecule has 0 aliphatic carbocycles. The van der Waals surface area contributed by atoms with Gasteiger partial charge in [0.25, 0.3) is 17.9 Å². The van der Waals surface area contributed by atoms with Crippen molar-refractivity contribution in [3.05, 3.63) is 34.2 Å². The summed E-state index contributed by atoms with van der Waals surface area (Å²) < 4.78 is 25.9. The fourth-order valence-electron chi connectivity index (χ4n) is 1.41. The number of pyridine rings is 1. The molecule has 18 heavy (non-hydrogen) atoms. The highest BCUT2D eigenvalue weighted by molar-refractivity contribution is 6.18. The van der Waals surface area contributed by atoms with Crippen molar-refractivity contribution >= 4 is 17.5 Å². The van der Waals surface area contributed by atoms with E-state index in [4.69, 9.17) is 11.6 Å². The van der Waals surface area contributed by atoms with Gasteiger partial charge in [0.15, 0.2) is 0 Å². The van der Waals surface area contributed by atoms with E-state index < -0.39 is 18.9 Å². The quantitative estimate of drug-likeness (QED) is 0.763. The maximum atomic E-state index is 12.3. The first-order valence-corrected chi connectivity index (χ1v) is 5.79. The minimum atomic E-state index is -2.64. The van der Waals surface area contributed by atoms with Gasteiger partial charge in [-0.1, -0.05) is 0 Å². The summed E-state index contributed by atoms with van der Waals surface area (Å²) in [5.74, 6) is -0.558. The first-order valence-electron chi connectivity index (χ1n) is 5.25. The van der Waals surface area contributed by atoms with Crippen molar-refractivity contribution in [1.82, 2.24) is 9.47 Å². The molecule has 0 aliphatic heterocycles. The highest BCUT2D eigenvalue weighted by Gasteiger charge is 2.19. The van der Waals surface area contributed by atoms with Gasteiger partial charge in [-0.3, -0.25) is 9.59 Å². The Morgan fingerprint density at radius 2 is 2.22 bits per heavy atom. The van der Waals surface area contributed by atoms with Crippen LogP contribution >= 0.6 is 11.6 Å². The Hall–Kier alpha value is -1.43. The van der Waals surface area contributed by atoms with E-state index in [9.17, 15) is 18.4 Å². The van der Waals surface area contributed by atoms with Crippen LogP contribution in [0.3, 0.4) is 0 Å². The van der Waals surface area contributed by atoms with E-state index in [0.29, 0.717) is 0 Å². The normalized spacial score (nSPS) is 10.7. The second-order valence-electron chi connectivity index (χ2n) is 3.70. The number of hydrogen-bond donors (Lipinski definition) is 0. The molecular weight excluding hydrogens is 266 g/mol. The van der Waals surface area contributed by atoms with E-state index in [2.05, 4.69) is 0 Å². The maximum absolute atomic E-state index is 12.3. The molecule has 0 bridgehead atoms.